The van der Waals surface area contributed by atoms with Crippen LogP contribution in [0.5, 0.6) is 0 Å². The molecule has 2 heterocycles. The third kappa shape index (κ3) is 3.93. The first-order chi connectivity index (χ1) is 15.4. The zero-order chi connectivity index (χ0) is 22.8. The monoisotopic (exact) mass is 442 g/mol. The van der Waals surface area contributed by atoms with E-state index in [1.165, 1.54) is 0 Å². The average molecular weight is 443 g/mol. The maximum Gasteiger partial charge on any atom is 0.280 e. The van der Waals surface area contributed by atoms with Gasteiger partial charge in [0, 0.05) is 45.1 Å². The first-order valence-electron chi connectivity index (χ1n) is 10.3. The van der Waals surface area contributed by atoms with Crippen LogP contribution in [-0.2, 0) is 11.3 Å². The molecule has 0 radical (unpaired) electrons. The lowest BCUT2D eigenvalue weighted by Crippen LogP contribution is -2.25. The predicted octanol–water partition coefficient (Wildman–Crippen LogP) is 5.75. The second-order valence-corrected chi connectivity index (χ2v) is 8.16. The number of rotatable bonds is 5. The van der Waals surface area contributed by atoms with E-state index in [1.807, 2.05) is 81.4 Å². The molecule has 6 heteroatoms. The van der Waals surface area contributed by atoms with Gasteiger partial charge < -0.3 is 4.57 Å². The zero-order valence-electron chi connectivity index (χ0n) is 18.2. The number of hydrogen-bond acceptors (Lipinski definition) is 2. The molecule has 0 aliphatic carbocycles. The molecule has 160 valence electrons. The lowest BCUT2D eigenvalue weighted by atomic mass is 10.1. The van der Waals surface area contributed by atoms with E-state index in [9.17, 15) is 10.1 Å². The van der Waals surface area contributed by atoms with Crippen molar-refractivity contribution in [3.05, 3.63) is 99.5 Å². The fourth-order valence-electron chi connectivity index (χ4n) is 3.94. The van der Waals surface area contributed by atoms with E-state index in [0.29, 0.717) is 11.6 Å². The van der Waals surface area contributed by atoms with Gasteiger partial charge in [-0.25, -0.2) is 0 Å². The number of nitriles is 1. The first kappa shape index (κ1) is 21.5. The van der Waals surface area contributed by atoms with Crippen molar-refractivity contribution < 1.29 is 4.79 Å². The largest absolute Gasteiger partial charge is 0.340 e. The van der Waals surface area contributed by atoms with E-state index in [2.05, 4.69) is 16.1 Å². The fraction of sp³-hybridized carbons (Fsp3) is 0.154. The van der Waals surface area contributed by atoms with Crippen molar-refractivity contribution in [2.75, 3.05) is 5.43 Å². The van der Waals surface area contributed by atoms with Gasteiger partial charge in [-0.15, -0.1) is 0 Å². The third-order valence-corrected chi connectivity index (χ3v) is 6.07. The third-order valence-electron chi connectivity index (χ3n) is 5.70. The number of fused-ring (bicyclic) bond motifs is 1. The van der Waals surface area contributed by atoms with Crippen molar-refractivity contribution in [3.8, 4) is 6.07 Å². The summed E-state index contributed by atoms with van der Waals surface area (Å²) >= 11 is 6.40. The number of aromatic nitrogens is 2. The van der Waals surface area contributed by atoms with Crippen LogP contribution in [0.15, 0.2) is 66.2 Å². The van der Waals surface area contributed by atoms with Gasteiger partial charge >= 0.3 is 0 Å². The van der Waals surface area contributed by atoms with Gasteiger partial charge in [-0.1, -0.05) is 48.0 Å². The number of aryl methyl sites for hydroxylation is 2. The molecule has 0 fully saturated rings. The molecule has 0 bridgehead atoms. The zero-order valence-corrected chi connectivity index (χ0v) is 18.9. The van der Waals surface area contributed by atoms with E-state index in [0.717, 1.165) is 39.1 Å². The molecule has 4 rings (SSSR count). The molecule has 32 heavy (non-hydrogen) atoms. The molecule has 0 aliphatic rings. The molecule has 0 saturated heterocycles. The van der Waals surface area contributed by atoms with Crippen LogP contribution in [0, 0.1) is 32.1 Å². The number of halogens is 1. The molecular formula is C26H23ClN4O. The van der Waals surface area contributed by atoms with Crippen LogP contribution in [0.4, 0.5) is 0 Å². The summed E-state index contributed by atoms with van der Waals surface area (Å²) in [4.78, 5) is 12.9. The number of amides is 1. The van der Waals surface area contributed by atoms with Crippen LogP contribution in [0.3, 0.4) is 0 Å². The minimum absolute atomic E-state index is 0.0428. The van der Waals surface area contributed by atoms with Gasteiger partial charge in [0.2, 0.25) is 0 Å². The summed E-state index contributed by atoms with van der Waals surface area (Å²) in [6.45, 7) is 6.39. The van der Waals surface area contributed by atoms with E-state index in [-0.39, 0.29) is 5.57 Å². The standard InChI is InChI=1S/C26H23ClN4O/c1-17-12-13-18(2)31(17)29-26(32)21(15-28)14-23-19(3)30(25-11-7-5-9-22(23)25)16-20-8-4-6-10-24(20)27/h4-14H,16H2,1-3H3,(H,29,32)/b21-14+. The maximum atomic E-state index is 12.9. The number of carbonyl (C=O) groups is 1. The number of carbonyl (C=O) groups excluding carboxylic acids is 1. The molecule has 2 aromatic carbocycles. The van der Waals surface area contributed by atoms with Gasteiger partial charge in [-0.2, -0.15) is 5.26 Å². The molecule has 0 atom stereocenters. The highest BCUT2D eigenvalue weighted by Crippen LogP contribution is 2.30. The minimum Gasteiger partial charge on any atom is -0.340 e. The average Bonchev–Trinajstić information content (AvgIpc) is 3.24. The van der Waals surface area contributed by atoms with Crippen molar-refractivity contribution in [3.63, 3.8) is 0 Å². The number of benzene rings is 2. The summed E-state index contributed by atoms with van der Waals surface area (Å²) in [5.74, 6) is -0.447. The normalized spacial score (nSPS) is 11.5. The number of nitrogens with one attached hydrogen (secondary N) is 1. The summed E-state index contributed by atoms with van der Waals surface area (Å²) in [6.07, 6.45) is 1.67. The van der Waals surface area contributed by atoms with Crippen LogP contribution in [-0.4, -0.2) is 15.2 Å². The smallest absolute Gasteiger partial charge is 0.280 e. The highest BCUT2D eigenvalue weighted by molar-refractivity contribution is 6.31. The molecule has 0 unspecified atom stereocenters. The Bertz CT molecular complexity index is 1380. The Morgan fingerprint density at radius 2 is 1.69 bits per heavy atom. The Kier molecular flexibility index (Phi) is 5.89. The van der Waals surface area contributed by atoms with Crippen LogP contribution in [0.2, 0.25) is 5.02 Å². The predicted molar refractivity (Wildman–Crippen MR) is 129 cm³/mol. The summed E-state index contributed by atoms with van der Waals surface area (Å²) in [6, 6.07) is 21.6. The fourth-order valence-corrected chi connectivity index (χ4v) is 4.14. The molecule has 2 aromatic heterocycles. The van der Waals surface area contributed by atoms with Gasteiger partial charge in [0.1, 0.15) is 11.6 Å². The maximum absolute atomic E-state index is 12.9. The topological polar surface area (TPSA) is 62.8 Å². The summed E-state index contributed by atoms with van der Waals surface area (Å²) in [5.41, 5.74) is 8.47. The Morgan fingerprint density at radius 1 is 1.03 bits per heavy atom. The Balaban J connectivity index is 1.77. The number of hydrogen-bond donors (Lipinski definition) is 1. The lowest BCUT2D eigenvalue weighted by Gasteiger charge is -2.11. The molecule has 1 N–H and O–H groups in total. The quantitative estimate of drug-likeness (QED) is 0.316. The minimum atomic E-state index is -0.447. The molecule has 5 nitrogen and oxygen atoms in total. The summed E-state index contributed by atoms with van der Waals surface area (Å²) < 4.78 is 3.84. The Labute approximate surface area is 192 Å². The van der Waals surface area contributed by atoms with Crippen molar-refractivity contribution >= 4 is 34.5 Å². The number of para-hydroxylation sites is 1. The van der Waals surface area contributed by atoms with Crippen molar-refractivity contribution in [1.82, 2.24) is 9.24 Å². The second-order valence-electron chi connectivity index (χ2n) is 7.76. The highest BCUT2D eigenvalue weighted by Gasteiger charge is 2.17. The van der Waals surface area contributed by atoms with E-state index in [1.54, 1.807) is 10.8 Å². The summed E-state index contributed by atoms with van der Waals surface area (Å²) in [5, 5.41) is 11.4. The molecule has 0 saturated carbocycles. The molecule has 1 amide bonds. The Hall–Kier alpha value is -3.75. The molecule has 0 spiro atoms. The molecular weight excluding hydrogens is 420 g/mol. The van der Waals surface area contributed by atoms with Crippen LogP contribution >= 0.6 is 11.6 Å². The van der Waals surface area contributed by atoms with Gasteiger partial charge in [-0.3, -0.25) is 14.9 Å². The highest BCUT2D eigenvalue weighted by atomic mass is 35.5. The second kappa shape index (κ2) is 8.78. The van der Waals surface area contributed by atoms with Crippen molar-refractivity contribution in [1.29, 1.82) is 5.26 Å². The van der Waals surface area contributed by atoms with Gasteiger partial charge in [-0.05, 0) is 56.7 Å². The summed E-state index contributed by atoms with van der Waals surface area (Å²) in [7, 11) is 0. The van der Waals surface area contributed by atoms with Crippen molar-refractivity contribution in [2.45, 2.75) is 27.3 Å². The molecule has 4 aromatic rings. The van der Waals surface area contributed by atoms with E-state index in [4.69, 9.17) is 11.6 Å². The first-order valence-corrected chi connectivity index (χ1v) is 10.7. The lowest BCUT2D eigenvalue weighted by molar-refractivity contribution is -0.113. The van der Waals surface area contributed by atoms with Crippen LogP contribution < -0.4 is 5.43 Å². The number of nitrogens with zero attached hydrogens (tertiary/aromatic N) is 3. The van der Waals surface area contributed by atoms with Crippen LogP contribution in [0.25, 0.3) is 17.0 Å². The van der Waals surface area contributed by atoms with Crippen LogP contribution in [0.1, 0.15) is 28.2 Å². The Morgan fingerprint density at radius 3 is 2.38 bits per heavy atom. The van der Waals surface area contributed by atoms with Gasteiger partial charge in [0.15, 0.2) is 0 Å². The van der Waals surface area contributed by atoms with E-state index < -0.39 is 5.91 Å². The SMILES string of the molecule is Cc1ccc(C)n1NC(=O)/C(C#N)=C/c1c(C)n(Cc2ccccc2Cl)c2ccccc12. The van der Waals surface area contributed by atoms with E-state index >= 15 is 0 Å². The van der Waals surface area contributed by atoms with Gasteiger partial charge in [0.05, 0.1) is 0 Å². The van der Waals surface area contributed by atoms with Gasteiger partial charge in [0.25, 0.3) is 5.91 Å². The molecule has 0 aliphatic heterocycles. The van der Waals surface area contributed by atoms with Crippen molar-refractivity contribution in [2.24, 2.45) is 0 Å².